The van der Waals surface area contributed by atoms with Crippen LogP contribution in [0.25, 0.3) is 0 Å². The Labute approximate surface area is 108 Å². The Morgan fingerprint density at radius 2 is 2.18 bits per heavy atom. The third-order valence-corrected chi connectivity index (χ3v) is 2.82. The molecule has 0 bridgehead atoms. The van der Waals surface area contributed by atoms with Crippen LogP contribution in [0, 0.1) is 0 Å². The van der Waals surface area contributed by atoms with Crippen molar-refractivity contribution in [1.29, 1.82) is 0 Å². The van der Waals surface area contributed by atoms with Crippen molar-refractivity contribution in [3.63, 3.8) is 0 Å². The van der Waals surface area contributed by atoms with Gasteiger partial charge in [0.2, 0.25) is 0 Å². The second-order valence-electron chi connectivity index (χ2n) is 3.87. The number of likely N-dealkylation sites (N-methyl/N-ethyl adjacent to an activating group) is 1. The smallest absolute Gasteiger partial charge is 0.339 e. The van der Waals surface area contributed by atoms with E-state index in [1.807, 2.05) is 19.0 Å². The third kappa shape index (κ3) is 3.67. The number of carbonyl (C=O) groups excluding carboxylic acids is 1. The van der Waals surface area contributed by atoms with Crippen LogP contribution in [0.3, 0.4) is 0 Å². The molecule has 0 fully saturated rings. The van der Waals surface area contributed by atoms with Gasteiger partial charge < -0.3 is 14.2 Å². The van der Waals surface area contributed by atoms with E-state index in [1.54, 1.807) is 0 Å². The van der Waals surface area contributed by atoms with Gasteiger partial charge in [-0.25, -0.2) is 4.79 Å². The number of rotatable bonds is 4. The van der Waals surface area contributed by atoms with Crippen LogP contribution in [-0.2, 0) is 11.3 Å². The Bertz CT molecular complexity index is 468. The number of ether oxygens (including phenoxy) is 1. The minimum atomic E-state index is -0.454. The second-order valence-corrected chi connectivity index (χ2v) is 4.72. The maximum atomic E-state index is 11.8. The molecule has 5 nitrogen and oxygen atoms in total. The zero-order chi connectivity index (χ0) is 13.0. The molecule has 0 aliphatic carbocycles. The molecule has 0 N–H and O–H groups in total. The van der Waals surface area contributed by atoms with Gasteiger partial charge in [0.15, 0.2) is 0 Å². The van der Waals surface area contributed by atoms with Crippen molar-refractivity contribution in [2.75, 3.05) is 27.7 Å². The number of halogens is 1. The Balaban J connectivity index is 3.07. The topological polar surface area (TPSA) is 51.5 Å². The van der Waals surface area contributed by atoms with Gasteiger partial charge >= 0.3 is 5.97 Å². The molecule has 0 radical (unpaired) electrons. The Hall–Kier alpha value is -1.14. The number of hydrogen-bond donors (Lipinski definition) is 0. The Kier molecular flexibility index (Phi) is 4.89. The first kappa shape index (κ1) is 13.9. The fourth-order valence-corrected chi connectivity index (χ4v) is 1.78. The number of carbonyl (C=O) groups is 1. The van der Waals surface area contributed by atoms with Crippen molar-refractivity contribution in [2.24, 2.45) is 0 Å². The molecule has 6 heteroatoms. The minimum Gasteiger partial charge on any atom is -0.465 e. The molecule has 0 aromatic carbocycles. The molecule has 94 valence electrons. The number of pyridine rings is 1. The highest BCUT2D eigenvalue weighted by molar-refractivity contribution is 9.10. The second kappa shape index (κ2) is 5.97. The SMILES string of the molecule is COC(=O)c1cc(Br)c(=O)n(CCN(C)C)c1. The molecular weight excluding hydrogens is 288 g/mol. The van der Waals surface area contributed by atoms with Crippen molar-refractivity contribution < 1.29 is 9.53 Å². The van der Waals surface area contributed by atoms with Gasteiger partial charge in [-0.05, 0) is 36.1 Å². The standard InChI is InChI=1S/C11H15BrN2O3/c1-13(2)4-5-14-7-8(11(16)17-3)6-9(12)10(14)15/h6-7H,4-5H2,1-3H3. The summed E-state index contributed by atoms with van der Waals surface area (Å²) in [5.41, 5.74) is 0.206. The number of hydrogen-bond acceptors (Lipinski definition) is 4. The van der Waals surface area contributed by atoms with E-state index in [0.29, 0.717) is 16.6 Å². The van der Waals surface area contributed by atoms with Gasteiger partial charge in [-0.3, -0.25) is 4.79 Å². The van der Waals surface area contributed by atoms with E-state index in [4.69, 9.17) is 0 Å². The molecule has 1 aromatic rings. The molecule has 0 atom stereocenters. The van der Waals surface area contributed by atoms with Crippen molar-refractivity contribution >= 4 is 21.9 Å². The molecule has 0 aliphatic heterocycles. The Morgan fingerprint density at radius 1 is 1.53 bits per heavy atom. The molecule has 0 unspecified atom stereocenters. The van der Waals surface area contributed by atoms with Crippen LogP contribution >= 0.6 is 15.9 Å². The molecule has 0 saturated heterocycles. The van der Waals surface area contributed by atoms with Crippen LogP contribution in [0.1, 0.15) is 10.4 Å². The summed E-state index contributed by atoms with van der Waals surface area (Å²) >= 11 is 3.15. The largest absolute Gasteiger partial charge is 0.465 e. The van der Waals surface area contributed by atoms with Crippen LogP contribution in [-0.4, -0.2) is 43.2 Å². The van der Waals surface area contributed by atoms with E-state index in [1.165, 1.54) is 23.9 Å². The van der Waals surface area contributed by atoms with Crippen LogP contribution < -0.4 is 5.56 Å². The average molecular weight is 303 g/mol. The van der Waals surface area contributed by atoms with Gasteiger partial charge in [-0.15, -0.1) is 0 Å². The lowest BCUT2D eigenvalue weighted by Gasteiger charge is -2.12. The molecule has 1 heterocycles. The monoisotopic (exact) mass is 302 g/mol. The third-order valence-electron chi connectivity index (χ3n) is 2.25. The highest BCUT2D eigenvalue weighted by atomic mass is 79.9. The average Bonchev–Trinajstić information content (AvgIpc) is 2.29. The molecule has 0 aliphatic rings. The Morgan fingerprint density at radius 3 is 2.71 bits per heavy atom. The van der Waals surface area contributed by atoms with E-state index in [0.717, 1.165) is 6.54 Å². The summed E-state index contributed by atoms with van der Waals surface area (Å²) in [4.78, 5) is 25.2. The number of esters is 1. The highest BCUT2D eigenvalue weighted by Crippen LogP contribution is 2.08. The van der Waals surface area contributed by atoms with E-state index >= 15 is 0 Å². The lowest BCUT2D eigenvalue weighted by molar-refractivity contribution is 0.0599. The van der Waals surface area contributed by atoms with Gasteiger partial charge in [0.05, 0.1) is 17.1 Å². The quantitative estimate of drug-likeness (QED) is 0.778. The molecule has 0 amide bonds. The summed E-state index contributed by atoms with van der Waals surface area (Å²) in [5.74, 6) is -0.454. The van der Waals surface area contributed by atoms with E-state index in [9.17, 15) is 9.59 Å². The molecule has 1 rings (SSSR count). The van der Waals surface area contributed by atoms with Crippen LogP contribution in [0.2, 0.25) is 0 Å². The first-order valence-electron chi connectivity index (χ1n) is 5.08. The van der Waals surface area contributed by atoms with E-state index < -0.39 is 5.97 Å². The van der Waals surface area contributed by atoms with Crippen molar-refractivity contribution in [1.82, 2.24) is 9.47 Å². The number of nitrogens with zero attached hydrogens (tertiary/aromatic N) is 2. The zero-order valence-corrected chi connectivity index (χ0v) is 11.7. The summed E-state index contributed by atoms with van der Waals surface area (Å²) in [5, 5.41) is 0. The summed E-state index contributed by atoms with van der Waals surface area (Å²) in [7, 11) is 5.15. The fourth-order valence-electron chi connectivity index (χ4n) is 1.30. The van der Waals surface area contributed by atoms with Gasteiger partial charge in [-0.2, -0.15) is 0 Å². The van der Waals surface area contributed by atoms with Crippen molar-refractivity contribution in [3.8, 4) is 0 Å². The maximum Gasteiger partial charge on any atom is 0.339 e. The fraction of sp³-hybridized carbons (Fsp3) is 0.455. The van der Waals surface area contributed by atoms with Crippen LogP contribution in [0.5, 0.6) is 0 Å². The molecule has 1 aromatic heterocycles. The summed E-state index contributed by atoms with van der Waals surface area (Å²) < 4.78 is 6.48. The summed E-state index contributed by atoms with van der Waals surface area (Å²) in [6.45, 7) is 1.24. The van der Waals surface area contributed by atoms with Crippen molar-refractivity contribution in [3.05, 3.63) is 32.7 Å². The lowest BCUT2D eigenvalue weighted by atomic mass is 10.3. The van der Waals surface area contributed by atoms with Gasteiger partial charge in [0, 0.05) is 19.3 Å². The lowest BCUT2D eigenvalue weighted by Crippen LogP contribution is -2.27. The van der Waals surface area contributed by atoms with E-state index in [2.05, 4.69) is 20.7 Å². The number of aromatic nitrogens is 1. The van der Waals surface area contributed by atoms with Gasteiger partial charge in [0.25, 0.3) is 5.56 Å². The first-order chi connectivity index (χ1) is 7.95. The molecule has 0 spiro atoms. The summed E-state index contributed by atoms with van der Waals surface area (Å²) in [6.07, 6.45) is 1.52. The molecule has 0 saturated carbocycles. The first-order valence-corrected chi connectivity index (χ1v) is 5.88. The van der Waals surface area contributed by atoms with Gasteiger partial charge in [-0.1, -0.05) is 0 Å². The van der Waals surface area contributed by atoms with Crippen molar-refractivity contribution in [2.45, 2.75) is 6.54 Å². The van der Waals surface area contributed by atoms with Gasteiger partial charge in [0.1, 0.15) is 0 Å². The predicted octanol–water partition coefficient (Wildman–Crippen LogP) is 0.959. The van der Waals surface area contributed by atoms with E-state index in [-0.39, 0.29) is 5.56 Å². The maximum absolute atomic E-state index is 11.8. The van der Waals surface area contributed by atoms with Crippen LogP contribution in [0.15, 0.2) is 21.5 Å². The predicted molar refractivity (Wildman–Crippen MR) is 68.3 cm³/mol. The number of methoxy groups -OCH3 is 1. The summed E-state index contributed by atoms with van der Waals surface area (Å²) in [6, 6.07) is 1.47. The molecule has 17 heavy (non-hydrogen) atoms. The molecular formula is C11H15BrN2O3. The highest BCUT2D eigenvalue weighted by Gasteiger charge is 2.11. The zero-order valence-electron chi connectivity index (χ0n) is 10.1. The minimum absolute atomic E-state index is 0.153. The van der Waals surface area contributed by atoms with Crippen LogP contribution in [0.4, 0.5) is 0 Å². The normalized spacial score (nSPS) is 10.6.